The van der Waals surface area contributed by atoms with E-state index in [4.69, 9.17) is 5.73 Å². The van der Waals surface area contributed by atoms with Crippen LogP contribution in [0.3, 0.4) is 0 Å². The van der Waals surface area contributed by atoms with Gasteiger partial charge in [-0.05, 0) is 31.4 Å². The molecule has 3 N–H and O–H groups in total. The molecule has 5 heteroatoms. The fourth-order valence-corrected chi connectivity index (χ4v) is 2.35. The molecule has 0 radical (unpaired) electrons. The van der Waals surface area contributed by atoms with Gasteiger partial charge in [0.1, 0.15) is 0 Å². The average Bonchev–Trinajstić information content (AvgIpc) is 3.26. The lowest BCUT2D eigenvalue weighted by Gasteiger charge is -2.17. The molecule has 0 aliphatic heterocycles. The quantitative estimate of drug-likeness (QED) is 0.836. The van der Waals surface area contributed by atoms with Crippen molar-refractivity contribution < 1.29 is 0 Å². The standard InChI is InChI=1S/C15H18N4O/c1-10(12-4-2-3-5-13(12)16)18-14-15(20)19(9-8-17-14)11-6-7-11/h2-5,8-11H,6-7,16H2,1H3,(H,17,18). The third-order valence-corrected chi connectivity index (χ3v) is 3.62. The lowest BCUT2D eigenvalue weighted by Crippen LogP contribution is -2.25. The van der Waals surface area contributed by atoms with Crippen LogP contribution in [0.1, 0.15) is 37.4 Å². The van der Waals surface area contributed by atoms with Crippen LogP contribution in [-0.2, 0) is 0 Å². The van der Waals surface area contributed by atoms with E-state index in [2.05, 4.69) is 10.3 Å². The van der Waals surface area contributed by atoms with E-state index in [1.54, 1.807) is 17.0 Å². The molecular weight excluding hydrogens is 252 g/mol. The third-order valence-electron chi connectivity index (χ3n) is 3.62. The molecule has 2 aromatic rings. The molecule has 1 unspecified atom stereocenters. The molecule has 1 fully saturated rings. The highest BCUT2D eigenvalue weighted by atomic mass is 16.1. The topological polar surface area (TPSA) is 72.9 Å². The number of benzene rings is 1. The van der Waals surface area contributed by atoms with E-state index in [1.807, 2.05) is 31.2 Å². The van der Waals surface area contributed by atoms with Gasteiger partial charge in [0.25, 0.3) is 5.56 Å². The van der Waals surface area contributed by atoms with Gasteiger partial charge in [-0.25, -0.2) is 4.98 Å². The first-order chi connectivity index (χ1) is 9.66. The molecule has 1 saturated carbocycles. The maximum atomic E-state index is 12.3. The minimum Gasteiger partial charge on any atom is -0.398 e. The number of hydrogen-bond donors (Lipinski definition) is 2. The van der Waals surface area contributed by atoms with Gasteiger partial charge in [-0.1, -0.05) is 18.2 Å². The van der Waals surface area contributed by atoms with Gasteiger partial charge in [-0.2, -0.15) is 0 Å². The van der Waals surface area contributed by atoms with Gasteiger partial charge in [-0.15, -0.1) is 0 Å². The van der Waals surface area contributed by atoms with E-state index in [0.29, 0.717) is 17.5 Å². The Labute approximate surface area is 117 Å². The van der Waals surface area contributed by atoms with Crippen molar-refractivity contribution >= 4 is 11.5 Å². The monoisotopic (exact) mass is 270 g/mol. The molecule has 20 heavy (non-hydrogen) atoms. The maximum Gasteiger partial charge on any atom is 0.293 e. The summed E-state index contributed by atoms with van der Waals surface area (Å²) >= 11 is 0. The van der Waals surface area contributed by atoms with Gasteiger partial charge < -0.3 is 15.6 Å². The molecule has 3 rings (SSSR count). The van der Waals surface area contributed by atoms with Crippen molar-refractivity contribution in [3.63, 3.8) is 0 Å². The van der Waals surface area contributed by atoms with Crippen molar-refractivity contribution in [3.05, 3.63) is 52.6 Å². The first-order valence-electron chi connectivity index (χ1n) is 6.85. The highest BCUT2D eigenvalue weighted by Gasteiger charge is 2.25. The molecule has 1 heterocycles. The van der Waals surface area contributed by atoms with Crippen molar-refractivity contribution in [1.29, 1.82) is 0 Å². The molecule has 0 saturated heterocycles. The number of para-hydroxylation sites is 1. The molecule has 5 nitrogen and oxygen atoms in total. The fourth-order valence-electron chi connectivity index (χ4n) is 2.35. The maximum absolute atomic E-state index is 12.3. The number of nitrogens with one attached hydrogen (secondary N) is 1. The molecule has 0 spiro atoms. The average molecular weight is 270 g/mol. The van der Waals surface area contributed by atoms with Gasteiger partial charge in [-0.3, -0.25) is 4.79 Å². The Kier molecular flexibility index (Phi) is 3.18. The van der Waals surface area contributed by atoms with Crippen LogP contribution >= 0.6 is 0 Å². The van der Waals surface area contributed by atoms with Crippen LogP contribution in [0.5, 0.6) is 0 Å². The van der Waals surface area contributed by atoms with E-state index >= 15 is 0 Å². The lowest BCUT2D eigenvalue weighted by atomic mass is 10.1. The Bertz CT molecular complexity index is 676. The molecule has 1 aliphatic carbocycles. The van der Waals surface area contributed by atoms with Gasteiger partial charge in [0.05, 0.1) is 6.04 Å². The lowest BCUT2D eigenvalue weighted by molar-refractivity contribution is 0.696. The van der Waals surface area contributed by atoms with Crippen molar-refractivity contribution in [2.24, 2.45) is 0 Å². The minimum absolute atomic E-state index is 0.0589. The van der Waals surface area contributed by atoms with E-state index in [-0.39, 0.29) is 11.6 Å². The van der Waals surface area contributed by atoms with Gasteiger partial charge >= 0.3 is 0 Å². The summed E-state index contributed by atoms with van der Waals surface area (Å²) in [6, 6.07) is 7.93. The largest absolute Gasteiger partial charge is 0.398 e. The van der Waals surface area contributed by atoms with E-state index < -0.39 is 0 Å². The van der Waals surface area contributed by atoms with Crippen LogP contribution in [0.15, 0.2) is 41.5 Å². The Morgan fingerprint density at radius 2 is 2.15 bits per heavy atom. The predicted octanol–water partition coefficient (Wildman–Crippen LogP) is 2.33. The van der Waals surface area contributed by atoms with Crippen LogP contribution in [0, 0.1) is 0 Å². The molecule has 0 bridgehead atoms. The van der Waals surface area contributed by atoms with E-state index in [0.717, 1.165) is 18.4 Å². The summed E-state index contributed by atoms with van der Waals surface area (Å²) < 4.78 is 1.76. The fraction of sp³-hybridized carbons (Fsp3) is 0.333. The van der Waals surface area contributed by atoms with Crippen LogP contribution in [-0.4, -0.2) is 9.55 Å². The van der Waals surface area contributed by atoms with Crippen molar-refractivity contribution in [2.75, 3.05) is 11.1 Å². The zero-order chi connectivity index (χ0) is 14.1. The summed E-state index contributed by atoms with van der Waals surface area (Å²) in [5.41, 5.74) is 7.58. The molecule has 104 valence electrons. The summed E-state index contributed by atoms with van der Waals surface area (Å²) in [7, 11) is 0. The van der Waals surface area contributed by atoms with Gasteiger partial charge in [0.2, 0.25) is 0 Å². The Morgan fingerprint density at radius 3 is 2.85 bits per heavy atom. The summed E-state index contributed by atoms with van der Waals surface area (Å²) in [6.07, 6.45) is 5.57. The molecule has 0 amide bonds. The minimum atomic E-state index is -0.0635. The Hall–Kier alpha value is -2.30. The molecule has 1 aromatic carbocycles. The number of hydrogen-bond acceptors (Lipinski definition) is 4. The number of nitrogens with zero attached hydrogens (tertiary/aromatic N) is 2. The second-order valence-electron chi connectivity index (χ2n) is 5.21. The van der Waals surface area contributed by atoms with Crippen LogP contribution in [0.4, 0.5) is 11.5 Å². The SMILES string of the molecule is CC(Nc1nccn(C2CC2)c1=O)c1ccccc1N. The highest BCUT2D eigenvalue weighted by Crippen LogP contribution is 2.33. The van der Waals surface area contributed by atoms with Gasteiger partial charge in [0, 0.05) is 24.1 Å². The molecular formula is C15H18N4O. The second-order valence-corrected chi connectivity index (χ2v) is 5.21. The third kappa shape index (κ3) is 2.39. The second kappa shape index (κ2) is 5.00. The first-order valence-corrected chi connectivity index (χ1v) is 6.85. The van der Waals surface area contributed by atoms with E-state index in [1.165, 1.54) is 0 Å². The smallest absolute Gasteiger partial charge is 0.293 e. The normalized spacial score (nSPS) is 15.8. The summed E-state index contributed by atoms with van der Waals surface area (Å²) in [5.74, 6) is 0.384. The molecule has 1 atom stereocenters. The zero-order valence-electron chi connectivity index (χ0n) is 11.4. The Balaban J connectivity index is 1.86. The predicted molar refractivity (Wildman–Crippen MR) is 79.7 cm³/mol. The number of nitrogens with two attached hydrogens (primary N) is 1. The number of anilines is 2. The van der Waals surface area contributed by atoms with Crippen LogP contribution < -0.4 is 16.6 Å². The van der Waals surface area contributed by atoms with Gasteiger partial charge in [0.15, 0.2) is 5.82 Å². The Morgan fingerprint density at radius 1 is 1.40 bits per heavy atom. The van der Waals surface area contributed by atoms with Crippen molar-refractivity contribution in [1.82, 2.24) is 9.55 Å². The first kappa shape index (κ1) is 12.7. The number of rotatable bonds is 4. The molecule has 1 aliphatic rings. The highest BCUT2D eigenvalue weighted by molar-refractivity contribution is 5.50. The van der Waals surface area contributed by atoms with Crippen LogP contribution in [0.25, 0.3) is 0 Å². The summed E-state index contributed by atoms with van der Waals surface area (Å²) in [4.78, 5) is 16.5. The summed E-state index contributed by atoms with van der Waals surface area (Å²) in [5, 5.41) is 3.17. The van der Waals surface area contributed by atoms with Crippen molar-refractivity contribution in [2.45, 2.75) is 31.8 Å². The summed E-state index contributed by atoms with van der Waals surface area (Å²) in [6.45, 7) is 1.97. The molecule has 1 aromatic heterocycles. The number of nitrogen functional groups attached to an aromatic ring is 1. The van der Waals surface area contributed by atoms with Crippen LogP contribution in [0.2, 0.25) is 0 Å². The van der Waals surface area contributed by atoms with E-state index in [9.17, 15) is 4.79 Å². The zero-order valence-corrected chi connectivity index (χ0v) is 11.4. The van der Waals surface area contributed by atoms with Crippen molar-refractivity contribution in [3.8, 4) is 0 Å². The number of aromatic nitrogens is 2.